The van der Waals surface area contributed by atoms with Gasteiger partial charge < -0.3 is 0 Å². The standard InChI is InChI=1S/C13H17ClF2N2O/c1-4-9-5-7-10(8-6-9)11(19)18(14)17-13(2,3)12(15)16/h5-8,12,17H,4H2,1-3H3. The maximum Gasteiger partial charge on any atom is 0.283 e. The van der Waals surface area contributed by atoms with Gasteiger partial charge in [-0.1, -0.05) is 19.1 Å². The lowest BCUT2D eigenvalue weighted by molar-refractivity contribution is 0.0208. The van der Waals surface area contributed by atoms with Gasteiger partial charge in [-0.25, -0.2) is 14.2 Å². The molecule has 0 saturated heterocycles. The minimum Gasteiger partial charge on any atom is -0.266 e. The number of carbonyl (C=O) groups is 1. The smallest absolute Gasteiger partial charge is 0.266 e. The third-order valence-electron chi connectivity index (χ3n) is 2.72. The van der Waals surface area contributed by atoms with Crippen LogP contribution in [0.3, 0.4) is 0 Å². The zero-order valence-corrected chi connectivity index (χ0v) is 11.8. The van der Waals surface area contributed by atoms with E-state index in [0.29, 0.717) is 10.1 Å². The molecule has 3 nitrogen and oxygen atoms in total. The summed E-state index contributed by atoms with van der Waals surface area (Å²) in [6.07, 6.45) is -1.79. The first-order valence-corrected chi connectivity index (χ1v) is 6.27. The Kier molecular flexibility index (Phi) is 5.26. The number of rotatable bonds is 5. The summed E-state index contributed by atoms with van der Waals surface area (Å²) in [6.45, 7) is 4.53. The average molecular weight is 291 g/mol. The Morgan fingerprint density at radius 1 is 1.37 bits per heavy atom. The van der Waals surface area contributed by atoms with Crippen LogP contribution in [0, 0.1) is 0 Å². The molecule has 106 valence electrons. The Bertz CT molecular complexity index is 435. The maximum absolute atomic E-state index is 12.7. The van der Waals surface area contributed by atoms with Crippen molar-refractivity contribution in [2.75, 3.05) is 0 Å². The van der Waals surface area contributed by atoms with Gasteiger partial charge in [-0.05, 0) is 38.0 Å². The van der Waals surface area contributed by atoms with Crippen LogP contribution < -0.4 is 5.43 Å². The highest BCUT2D eigenvalue weighted by Gasteiger charge is 2.32. The normalized spacial score (nSPS) is 11.7. The van der Waals surface area contributed by atoms with Crippen LogP contribution in [-0.4, -0.2) is 22.4 Å². The Morgan fingerprint density at radius 3 is 2.32 bits per heavy atom. The summed E-state index contributed by atoms with van der Waals surface area (Å²) in [5, 5.41) is 0. The molecule has 0 unspecified atom stereocenters. The summed E-state index contributed by atoms with van der Waals surface area (Å²) in [6, 6.07) is 6.84. The second kappa shape index (κ2) is 6.30. The van der Waals surface area contributed by atoms with E-state index in [2.05, 4.69) is 5.43 Å². The summed E-state index contributed by atoms with van der Waals surface area (Å²) in [4.78, 5) is 11.9. The third-order valence-corrected chi connectivity index (χ3v) is 2.96. The van der Waals surface area contributed by atoms with Gasteiger partial charge in [-0.3, -0.25) is 4.79 Å². The summed E-state index contributed by atoms with van der Waals surface area (Å²) < 4.78 is 25.9. The first-order chi connectivity index (χ1) is 8.77. The molecule has 1 N–H and O–H groups in total. The lowest BCUT2D eigenvalue weighted by Gasteiger charge is -2.29. The van der Waals surface area contributed by atoms with Gasteiger partial charge in [0.2, 0.25) is 0 Å². The van der Waals surface area contributed by atoms with E-state index in [-0.39, 0.29) is 0 Å². The molecule has 0 saturated carbocycles. The van der Waals surface area contributed by atoms with E-state index >= 15 is 0 Å². The second-order valence-corrected chi connectivity index (χ2v) is 5.11. The highest BCUT2D eigenvalue weighted by Crippen LogP contribution is 2.17. The first kappa shape index (κ1) is 15.9. The number of alkyl halides is 2. The molecule has 1 rings (SSSR count). The molecular weight excluding hydrogens is 274 g/mol. The molecule has 0 aliphatic heterocycles. The van der Waals surface area contributed by atoms with Crippen LogP contribution in [0.4, 0.5) is 8.78 Å². The average Bonchev–Trinajstić information content (AvgIpc) is 2.37. The molecule has 0 aliphatic carbocycles. The number of amides is 1. The van der Waals surface area contributed by atoms with Gasteiger partial charge in [0.05, 0.1) is 5.54 Å². The fourth-order valence-electron chi connectivity index (χ4n) is 1.35. The van der Waals surface area contributed by atoms with E-state index in [4.69, 9.17) is 11.8 Å². The molecule has 0 radical (unpaired) electrons. The molecule has 1 amide bonds. The highest BCUT2D eigenvalue weighted by molar-refractivity contribution is 6.23. The number of benzene rings is 1. The predicted octanol–water partition coefficient (Wildman–Crippen LogP) is 3.39. The van der Waals surface area contributed by atoms with Crippen LogP contribution in [0.25, 0.3) is 0 Å². The molecule has 0 bridgehead atoms. The van der Waals surface area contributed by atoms with E-state index in [9.17, 15) is 13.6 Å². The highest BCUT2D eigenvalue weighted by atomic mass is 35.5. The molecule has 0 spiro atoms. The van der Waals surface area contributed by atoms with Gasteiger partial charge in [0.25, 0.3) is 12.3 Å². The minimum absolute atomic E-state index is 0.338. The SMILES string of the molecule is CCc1ccc(C(=O)N(Cl)NC(C)(C)C(F)F)cc1. The fraction of sp³-hybridized carbons (Fsp3) is 0.462. The molecule has 1 aromatic carbocycles. The van der Waals surface area contributed by atoms with Crippen molar-refractivity contribution in [3.63, 3.8) is 0 Å². The van der Waals surface area contributed by atoms with E-state index in [1.54, 1.807) is 24.3 Å². The van der Waals surface area contributed by atoms with Crippen molar-refractivity contribution in [2.24, 2.45) is 0 Å². The van der Waals surface area contributed by atoms with Crippen molar-refractivity contribution < 1.29 is 13.6 Å². The Hall–Kier alpha value is -1.20. The number of hydrogen-bond donors (Lipinski definition) is 1. The van der Waals surface area contributed by atoms with Crippen molar-refractivity contribution in [3.05, 3.63) is 35.4 Å². The molecule has 6 heteroatoms. The second-order valence-electron chi connectivity index (χ2n) is 4.77. The van der Waals surface area contributed by atoms with Crippen molar-refractivity contribution in [3.8, 4) is 0 Å². The van der Waals surface area contributed by atoms with Gasteiger partial charge in [0.1, 0.15) is 0 Å². The number of halogens is 3. The predicted molar refractivity (Wildman–Crippen MR) is 71.1 cm³/mol. The lowest BCUT2D eigenvalue weighted by Crippen LogP contribution is -2.53. The number of hydrogen-bond acceptors (Lipinski definition) is 2. The van der Waals surface area contributed by atoms with Gasteiger partial charge in [0.15, 0.2) is 0 Å². The van der Waals surface area contributed by atoms with E-state index in [0.717, 1.165) is 12.0 Å². The zero-order valence-electron chi connectivity index (χ0n) is 11.1. The van der Waals surface area contributed by atoms with Crippen LogP contribution in [-0.2, 0) is 6.42 Å². The van der Waals surface area contributed by atoms with Gasteiger partial charge in [-0.15, -0.1) is 0 Å². The largest absolute Gasteiger partial charge is 0.283 e. The number of hydrazine groups is 1. The van der Waals surface area contributed by atoms with Crippen LogP contribution in [0.2, 0.25) is 0 Å². The molecular formula is C13H17ClF2N2O. The summed E-state index contributed by atoms with van der Waals surface area (Å²) in [7, 11) is 0. The van der Waals surface area contributed by atoms with Gasteiger partial charge in [-0.2, -0.15) is 4.53 Å². The quantitative estimate of drug-likeness (QED) is 0.666. The summed E-state index contributed by atoms with van der Waals surface area (Å²) >= 11 is 5.71. The summed E-state index contributed by atoms with van der Waals surface area (Å²) in [5.74, 6) is -0.571. The van der Waals surface area contributed by atoms with Crippen LogP contribution >= 0.6 is 11.8 Å². The van der Waals surface area contributed by atoms with Gasteiger partial charge >= 0.3 is 0 Å². The van der Waals surface area contributed by atoms with Crippen LogP contribution in [0.1, 0.15) is 36.7 Å². The third kappa shape index (κ3) is 4.14. The number of aryl methyl sites for hydroxylation is 1. The molecule has 19 heavy (non-hydrogen) atoms. The molecule has 0 aromatic heterocycles. The van der Waals surface area contributed by atoms with Crippen molar-refractivity contribution >= 4 is 17.7 Å². The van der Waals surface area contributed by atoms with E-state index in [1.165, 1.54) is 13.8 Å². The minimum atomic E-state index is -2.65. The lowest BCUT2D eigenvalue weighted by atomic mass is 10.1. The Balaban J connectivity index is 2.76. The molecule has 0 fully saturated rings. The number of nitrogens with zero attached hydrogens (tertiary/aromatic N) is 1. The number of nitrogens with one attached hydrogen (secondary N) is 1. The molecule has 1 aromatic rings. The molecule has 0 heterocycles. The van der Waals surface area contributed by atoms with Gasteiger partial charge in [0, 0.05) is 17.3 Å². The topological polar surface area (TPSA) is 32.3 Å². The van der Waals surface area contributed by atoms with Crippen molar-refractivity contribution in [1.82, 2.24) is 9.95 Å². The van der Waals surface area contributed by atoms with E-state index < -0.39 is 17.9 Å². The molecule has 0 aliphatic rings. The van der Waals surface area contributed by atoms with Crippen LogP contribution in [0.5, 0.6) is 0 Å². The first-order valence-electron chi connectivity index (χ1n) is 5.93. The van der Waals surface area contributed by atoms with Crippen molar-refractivity contribution in [2.45, 2.75) is 39.2 Å². The Labute approximate surface area is 116 Å². The van der Waals surface area contributed by atoms with Crippen molar-refractivity contribution in [1.29, 1.82) is 0 Å². The fourth-order valence-corrected chi connectivity index (χ4v) is 1.66. The maximum atomic E-state index is 12.7. The van der Waals surface area contributed by atoms with E-state index in [1.807, 2.05) is 6.92 Å². The van der Waals surface area contributed by atoms with Crippen LogP contribution in [0.15, 0.2) is 24.3 Å². The summed E-state index contributed by atoms with van der Waals surface area (Å²) in [5.41, 5.74) is 2.12. The number of carbonyl (C=O) groups excluding carboxylic acids is 1. The monoisotopic (exact) mass is 290 g/mol. The Morgan fingerprint density at radius 2 is 1.89 bits per heavy atom. The zero-order chi connectivity index (χ0) is 14.6. The molecule has 0 atom stereocenters.